The van der Waals surface area contributed by atoms with E-state index in [2.05, 4.69) is 23.3 Å². The third-order valence-corrected chi connectivity index (χ3v) is 4.03. The zero-order chi connectivity index (χ0) is 12.8. The molecule has 1 atom stereocenters. The Morgan fingerprint density at radius 2 is 2.11 bits per heavy atom. The molecule has 0 radical (unpaired) electrons. The van der Waals surface area contributed by atoms with Gasteiger partial charge in [-0.05, 0) is 43.9 Å². The molecule has 100 valence electrons. The molecular weight excluding hydrogens is 244 g/mol. The molecule has 1 saturated carbocycles. The maximum atomic E-state index is 5.92. The van der Waals surface area contributed by atoms with Crippen molar-refractivity contribution in [3.05, 3.63) is 29.0 Å². The minimum Gasteiger partial charge on any atom is -0.308 e. The summed E-state index contributed by atoms with van der Waals surface area (Å²) in [6, 6.07) is 4.43. The molecule has 1 aromatic rings. The molecule has 1 fully saturated rings. The highest BCUT2D eigenvalue weighted by Gasteiger charge is 2.25. The molecule has 1 heterocycles. The highest BCUT2D eigenvalue weighted by molar-refractivity contribution is 6.30. The third kappa shape index (κ3) is 3.69. The lowest BCUT2D eigenvalue weighted by molar-refractivity contribution is 0.268. The van der Waals surface area contributed by atoms with Gasteiger partial charge in [0.25, 0.3) is 0 Å². The summed E-state index contributed by atoms with van der Waals surface area (Å²) in [6.07, 6.45) is 9.70. The molecule has 1 aliphatic rings. The van der Waals surface area contributed by atoms with E-state index in [0.717, 1.165) is 29.6 Å². The van der Waals surface area contributed by atoms with Crippen molar-refractivity contribution in [2.24, 2.45) is 5.92 Å². The van der Waals surface area contributed by atoms with Crippen molar-refractivity contribution in [3.8, 4) is 0 Å². The van der Waals surface area contributed by atoms with Crippen LogP contribution < -0.4 is 5.32 Å². The van der Waals surface area contributed by atoms with Crippen LogP contribution >= 0.6 is 11.6 Å². The van der Waals surface area contributed by atoms with Gasteiger partial charge in [-0.15, -0.1) is 0 Å². The summed E-state index contributed by atoms with van der Waals surface area (Å²) in [4.78, 5) is 4.51. The lowest BCUT2D eigenvalue weighted by atomic mass is 9.82. The molecule has 1 N–H and O–H groups in total. The summed E-state index contributed by atoms with van der Waals surface area (Å²) in [5.41, 5.74) is 1.15. The van der Waals surface area contributed by atoms with Gasteiger partial charge in [-0.1, -0.05) is 37.8 Å². The molecule has 18 heavy (non-hydrogen) atoms. The van der Waals surface area contributed by atoms with Crippen molar-refractivity contribution >= 4 is 11.6 Å². The Hall–Kier alpha value is -0.600. The van der Waals surface area contributed by atoms with Crippen molar-refractivity contribution in [3.63, 3.8) is 0 Å². The maximum Gasteiger partial charge on any atom is 0.0589 e. The number of aromatic nitrogens is 1. The smallest absolute Gasteiger partial charge is 0.0589 e. The van der Waals surface area contributed by atoms with Crippen LogP contribution in [0, 0.1) is 5.92 Å². The van der Waals surface area contributed by atoms with Crippen molar-refractivity contribution in [2.75, 3.05) is 6.54 Å². The molecule has 1 aromatic heterocycles. The molecular formula is C15H23ClN2. The van der Waals surface area contributed by atoms with Crippen LogP contribution in [0.25, 0.3) is 0 Å². The first kappa shape index (κ1) is 13.8. The van der Waals surface area contributed by atoms with Gasteiger partial charge in [0, 0.05) is 6.20 Å². The molecule has 0 amide bonds. The van der Waals surface area contributed by atoms with Crippen LogP contribution in [0.3, 0.4) is 0 Å². The Bertz CT molecular complexity index is 344. The van der Waals surface area contributed by atoms with E-state index >= 15 is 0 Å². The fourth-order valence-corrected chi connectivity index (χ4v) is 2.96. The molecule has 1 aliphatic carbocycles. The predicted octanol–water partition coefficient (Wildman–Crippen LogP) is 4.36. The molecule has 0 bridgehead atoms. The average Bonchev–Trinajstić information content (AvgIpc) is 2.42. The number of halogens is 1. The van der Waals surface area contributed by atoms with E-state index in [-0.39, 0.29) is 0 Å². The van der Waals surface area contributed by atoms with Crippen LogP contribution in [0.4, 0.5) is 0 Å². The molecule has 0 spiro atoms. The fourth-order valence-electron chi connectivity index (χ4n) is 2.85. The minimum absolute atomic E-state index is 0.405. The van der Waals surface area contributed by atoms with E-state index in [4.69, 9.17) is 11.6 Å². The number of nitrogens with one attached hydrogen (secondary N) is 1. The summed E-state index contributed by atoms with van der Waals surface area (Å²) >= 11 is 5.92. The van der Waals surface area contributed by atoms with Crippen molar-refractivity contribution in [2.45, 2.75) is 51.5 Å². The van der Waals surface area contributed by atoms with Gasteiger partial charge in [0.1, 0.15) is 0 Å². The molecule has 1 unspecified atom stereocenters. The average molecular weight is 267 g/mol. The van der Waals surface area contributed by atoms with E-state index < -0.39 is 0 Å². The third-order valence-electron chi connectivity index (χ3n) is 3.80. The number of hydrogen-bond acceptors (Lipinski definition) is 2. The van der Waals surface area contributed by atoms with Crippen LogP contribution in [0.2, 0.25) is 5.02 Å². The van der Waals surface area contributed by atoms with Gasteiger partial charge in [-0.2, -0.15) is 0 Å². The monoisotopic (exact) mass is 266 g/mol. The number of hydrogen-bond donors (Lipinski definition) is 1. The normalized spacial score (nSPS) is 18.8. The number of pyridine rings is 1. The summed E-state index contributed by atoms with van der Waals surface area (Å²) in [5.74, 6) is 0.735. The Morgan fingerprint density at radius 3 is 2.72 bits per heavy atom. The second-order valence-corrected chi connectivity index (χ2v) is 5.67. The van der Waals surface area contributed by atoms with Crippen LogP contribution in [0.5, 0.6) is 0 Å². The molecule has 0 aliphatic heterocycles. The van der Waals surface area contributed by atoms with Crippen molar-refractivity contribution in [1.82, 2.24) is 10.3 Å². The summed E-state index contributed by atoms with van der Waals surface area (Å²) in [7, 11) is 0. The van der Waals surface area contributed by atoms with Crippen molar-refractivity contribution < 1.29 is 0 Å². The second kappa shape index (κ2) is 7.10. The zero-order valence-corrected chi connectivity index (χ0v) is 11.9. The van der Waals surface area contributed by atoms with E-state index in [1.807, 2.05) is 6.07 Å². The summed E-state index contributed by atoms with van der Waals surface area (Å²) in [5, 5.41) is 4.39. The molecule has 2 nitrogen and oxygen atoms in total. The lowest BCUT2D eigenvalue weighted by Crippen LogP contribution is -2.31. The Morgan fingerprint density at radius 1 is 1.33 bits per heavy atom. The van der Waals surface area contributed by atoms with Crippen LogP contribution in [0.15, 0.2) is 18.3 Å². The number of rotatable bonds is 5. The summed E-state index contributed by atoms with van der Waals surface area (Å²) < 4.78 is 0. The van der Waals surface area contributed by atoms with E-state index in [1.165, 1.54) is 32.1 Å². The first-order valence-corrected chi connectivity index (χ1v) is 7.54. The van der Waals surface area contributed by atoms with Gasteiger partial charge >= 0.3 is 0 Å². The first-order chi connectivity index (χ1) is 8.81. The van der Waals surface area contributed by atoms with Crippen LogP contribution in [0.1, 0.15) is 57.2 Å². The highest BCUT2D eigenvalue weighted by Crippen LogP contribution is 2.33. The lowest BCUT2D eigenvalue weighted by Gasteiger charge is -2.30. The molecule has 3 heteroatoms. The highest BCUT2D eigenvalue weighted by atomic mass is 35.5. The van der Waals surface area contributed by atoms with Crippen LogP contribution in [-0.2, 0) is 0 Å². The maximum absolute atomic E-state index is 5.92. The van der Waals surface area contributed by atoms with Gasteiger partial charge in [-0.3, -0.25) is 4.98 Å². The van der Waals surface area contributed by atoms with E-state index in [0.29, 0.717) is 6.04 Å². The van der Waals surface area contributed by atoms with Gasteiger partial charge in [0.05, 0.1) is 16.8 Å². The van der Waals surface area contributed by atoms with Gasteiger partial charge < -0.3 is 5.32 Å². The predicted molar refractivity (Wildman–Crippen MR) is 76.9 cm³/mol. The van der Waals surface area contributed by atoms with Gasteiger partial charge in [0.15, 0.2) is 0 Å². The quantitative estimate of drug-likeness (QED) is 0.857. The van der Waals surface area contributed by atoms with Crippen molar-refractivity contribution in [1.29, 1.82) is 0 Å². The van der Waals surface area contributed by atoms with Gasteiger partial charge in [0.2, 0.25) is 0 Å². The topological polar surface area (TPSA) is 24.9 Å². The summed E-state index contributed by atoms with van der Waals surface area (Å²) in [6.45, 7) is 3.27. The minimum atomic E-state index is 0.405. The largest absolute Gasteiger partial charge is 0.308 e. The Labute approximate surface area is 115 Å². The second-order valence-electron chi connectivity index (χ2n) is 5.23. The van der Waals surface area contributed by atoms with E-state index in [9.17, 15) is 0 Å². The zero-order valence-electron chi connectivity index (χ0n) is 11.2. The molecule has 0 aromatic carbocycles. The standard InChI is InChI=1S/C15H23ClN2/c1-2-10-17-15(12-6-4-3-5-7-12)14-9-8-13(16)11-18-14/h8-9,11-12,15,17H,2-7,10H2,1H3. The molecule has 0 saturated heterocycles. The Kier molecular flexibility index (Phi) is 5.45. The SMILES string of the molecule is CCCNC(c1ccc(Cl)cn1)C1CCCCC1. The van der Waals surface area contributed by atoms with E-state index in [1.54, 1.807) is 6.20 Å². The number of nitrogens with zero attached hydrogens (tertiary/aromatic N) is 1. The Balaban J connectivity index is 2.10. The van der Waals surface area contributed by atoms with Crippen LogP contribution in [-0.4, -0.2) is 11.5 Å². The van der Waals surface area contributed by atoms with Gasteiger partial charge in [-0.25, -0.2) is 0 Å². The molecule has 2 rings (SSSR count). The first-order valence-electron chi connectivity index (χ1n) is 7.16. The fraction of sp³-hybridized carbons (Fsp3) is 0.667.